The Morgan fingerprint density at radius 3 is 2.80 bits per heavy atom. The largest absolute Gasteiger partial charge is 0.497 e. The Bertz CT molecular complexity index is 1290. The van der Waals surface area contributed by atoms with Crippen molar-refractivity contribution in [1.82, 2.24) is 4.98 Å². The Kier molecular flexibility index (Phi) is 4.84. The minimum Gasteiger partial charge on any atom is -0.497 e. The Balaban J connectivity index is 1.57. The van der Waals surface area contributed by atoms with Crippen LogP contribution in [0.4, 0.5) is 5.13 Å². The minimum atomic E-state index is -0.215. The highest BCUT2D eigenvalue weighted by Gasteiger charge is 2.25. The molecule has 0 saturated carbocycles. The van der Waals surface area contributed by atoms with E-state index in [0.717, 1.165) is 45.5 Å². The number of hydrogen-bond acceptors (Lipinski definition) is 6. The third-order valence-electron chi connectivity index (χ3n) is 5.15. The van der Waals surface area contributed by atoms with Crippen LogP contribution in [0.5, 0.6) is 5.75 Å². The number of nitrogens with zero attached hydrogens (tertiary/aromatic N) is 1. The van der Waals surface area contributed by atoms with Crippen molar-refractivity contribution in [3.8, 4) is 16.9 Å². The Labute approximate surface area is 181 Å². The Hall–Kier alpha value is -3.03. The number of nitrogens with one attached hydrogen (secondary N) is 1. The first-order valence-electron chi connectivity index (χ1n) is 9.64. The first-order chi connectivity index (χ1) is 14.6. The van der Waals surface area contributed by atoms with Gasteiger partial charge < -0.3 is 4.74 Å². The zero-order valence-corrected chi connectivity index (χ0v) is 17.9. The molecule has 2 aromatic heterocycles. The molecule has 1 amide bonds. The molecule has 1 aliphatic carbocycles. The van der Waals surface area contributed by atoms with E-state index in [9.17, 15) is 9.59 Å². The van der Waals surface area contributed by atoms with Crippen LogP contribution in [0.3, 0.4) is 0 Å². The molecule has 0 atom stereocenters. The predicted octanol–water partition coefficient (Wildman–Crippen LogP) is 5.80. The van der Waals surface area contributed by atoms with Gasteiger partial charge in [0.15, 0.2) is 10.9 Å². The predicted molar refractivity (Wildman–Crippen MR) is 121 cm³/mol. The van der Waals surface area contributed by atoms with E-state index in [4.69, 9.17) is 4.74 Å². The SMILES string of the molecule is COc1cccc(-c2c(C(=O)Nc3nc4c(s3)C(=O)CCC4)sc3ccccc23)c1. The Morgan fingerprint density at radius 1 is 1.10 bits per heavy atom. The van der Waals surface area contributed by atoms with Crippen LogP contribution in [0.15, 0.2) is 48.5 Å². The molecule has 0 bridgehead atoms. The summed E-state index contributed by atoms with van der Waals surface area (Å²) in [5.41, 5.74) is 2.60. The van der Waals surface area contributed by atoms with Crippen molar-refractivity contribution in [2.24, 2.45) is 0 Å². The summed E-state index contributed by atoms with van der Waals surface area (Å²) in [5.74, 6) is 0.640. The second kappa shape index (κ2) is 7.66. The number of rotatable bonds is 4. The van der Waals surface area contributed by atoms with Crippen molar-refractivity contribution >= 4 is 49.6 Å². The van der Waals surface area contributed by atoms with Crippen molar-refractivity contribution < 1.29 is 14.3 Å². The fraction of sp³-hybridized carbons (Fsp3) is 0.174. The summed E-state index contributed by atoms with van der Waals surface area (Å²) in [4.78, 5) is 31.2. The molecule has 5 nitrogen and oxygen atoms in total. The number of ketones is 1. The molecule has 7 heteroatoms. The average Bonchev–Trinajstić information content (AvgIpc) is 3.36. The number of methoxy groups -OCH3 is 1. The third-order valence-corrected chi connectivity index (χ3v) is 7.37. The van der Waals surface area contributed by atoms with E-state index in [1.54, 1.807) is 7.11 Å². The fourth-order valence-electron chi connectivity index (χ4n) is 3.75. The molecule has 0 aliphatic heterocycles. The molecular formula is C23H18N2O3S2. The molecule has 1 N–H and O–H groups in total. The minimum absolute atomic E-state index is 0.119. The average molecular weight is 435 g/mol. The number of benzene rings is 2. The number of amides is 1. The molecule has 30 heavy (non-hydrogen) atoms. The van der Waals surface area contributed by atoms with Crippen molar-refractivity contribution in [3.05, 3.63) is 64.0 Å². The van der Waals surface area contributed by atoms with Gasteiger partial charge in [-0.2, -0.15) is 0 Å². The van der Waals surface area contributed by atoms with E-state index in [-0.39, 0.29) is 11.7 Å². The second-order valence-electron chi connectivity index (χ2n) is 7.06. The van der Waals surface area contributed by atoms with E-state index < -0.39 is 0 Å². The summed E-state index contributed by atoms with van der Waals surface area (Å²) >= 11 is 2.73. The number of fused-ring (bicyclic) bond motifs is 2. The van der Waals surface area contributed by atoms with Crippen molar-refractivity contribution in [2.75, 3.05) is 12.4 Å². The van der Waals surface area contributed by atoms with Crippen LogP contribution < -0.4 is 10.1 Å². The van der Waals surface area contributed by atoms with Gasteiger partial charge in [0.2, 0.25) is 0 Å². The molecule has 1 aliphatic rings. The molecule has 4 aromatic rings. The highest BCUT2D eigenvalue weighted by Crippen LogP contribution is 2.40. The lowest BCUT2D eigenvalue weighted by Gasteiger charge is -2.07. The lowest BCUT2D eigenvalue weighted by atomic mass is 10.0. The van der Waals surface area contributed by atoms with Gasteiger partial charge in [-0.25, -0.2) is 4.98 Å². The van der Waals surface area contributed by atoms with Crippen LogP contribution >= 0.6 is 22.7 Å². The van der Waals surface area contributed by atoms with Crippen LogP contribution in [-0.2, 0) is 6.42 Å². The lowest BCUT2D eigenvalue weighted by molar-refractivity contribution is 0.0975. The summed E-state index contributed by atoms with van der Waals surface area (Å²) in [5, 5.41) is 4.43. The van der Waals surface area contributed by atoms with Gasteiger partial charge >= 0.3 is 0 Å². The highest BCUT2D eigenvalue weighted by atomic mass is 32.1. The highest BCUT2D eigenvalue weighted by molar-refractivity contribution is 7.22. The van der Waals surface area contributed by atoms with E-state index in [2.05, 4.69) is 10.3 Å². The number of Topliss-reactive ketones (excluding diaryl/α,β-unsaturated/α-hetero) is 1. The summed E-state index contributed by atoms with van der Waals surface area (Å²) in [6.07, 6.45) is 2.16. The molecule has 2 aromatic carbocycles. The molecular weight excluding hydrogens is 416 g/mol. The number of aryl methyl sites for hydroxylation is 1. The van der Waals surface area contributed by atoms with Gasteiger partial charge in [0.05, 0.1) is 17.7 Å². The summed E-state index contributed by atoms with van der Waals surface area (Å²) in [6.45, 7) is 0. The quantitative estimate of drug-likeness (QED) is 0.440. The van der Waals surface area contributed by atoms with E-state index >= 15 is 0 Å². The smallest absolute Gasteiger partial charge is 0.268 e. The topological polar surface area (TPSA) is 68.3 Å². The van der Waals surface area contributed by atoms with Gasteiger partial charge in [-0.05, 0) is 36.6 Å². The van der Waals surface area contributed by atoms with E-state index in [0.29, 0.717) is 21.3 Å². The van der Waals surface area contributed by atoms with E-state index in [1.165, 1.54) is 22.7 Å². The van der Waals surface area contributed by atoms with Crippen molar-refractivity contribution in [3.63, 3.8) is 0 Å². The zero-order valence-electron chi connectivity index (χ0n) is 16.2. The zero-order chi connectivity index (χ0) is 20.7. The maximum atomic E-state index is 13.3. The van der Waals surface area contributed by atoms with Gasteiger partial charge in [0.1, 0.15) is 10.6 Å². The van der Waals surface area contributed by atoms with Gasteiger partial charge in [0.25, 0.3) is 5.91 Å². The molecule has 2 heterocycles. The van der Waals surface area contributed by atoms with Crippen LogP contribution in [0.2, 0.25) is 0 Å². The van der Waals surface area contributed by atoms with E-state index in [1.807, 2.05) is 48.5 Å². The van der Waals surface area contributed by atoms with Crippen LogP contribution in [-0.4, -0.2) is 23.8 Å². The molecule has 0 saturated heterocycles. The first kappa shape index (κ1) is 19.0. The number of hydrogen-bond donors (Lipinski definition) is 1. The van der Waals surface area contributed by atoms with Crippen molar-refractivity contribution in [1.29, 1.82) is 0 Å². The Morgan fingerprint density at radius 2 is 1.97 bits per heavy atom. The van der Waals surface area contributed by atoms with Gasteiger partial charge in [-0.15, -0.1) is 11.3 Å². The molecule has 5 rings (SSSR count). The van der Waals surface area contributed by atoms with Crippen LogP contribution in [0.1, 0.15) is 37.9 Å². The maximum Gasteiger partial charge on any atom is 0.268 e. The van der Waals surface area contributed by atoms with Gasteiger partial charge in [0, 0.05) is 22.1 Å². The van der Waals surface area contributed by atoms with Gasteiger partial charge in [-0.3, -0.25) is 14.9 Å². The number of carbonyl (C=O) groups excluding carboxylic acids is 2. The van der Waals surface area contributed by atoms with Crippen LogP contribution in [0.25, 0.3) is 21.2 Å². The number of thiazole rings is 1. The molecule has 0 unspecified atom stereocenters. The standard InChI is InChI=1S/C23H18N2O3S2/c1-28-14-7-4-6-13(12-14)19-15-8-2-3-11-18(15)29-21(19)22(27)25-23-24-16-9-5-10-17(26)20(16)30-23/h2-4,6-8,11-12H,5,9-10H2,1H3,(H,24,25,27). The van der Waals surface area contributed by atoms with Crippen LogP contribution in [0, 0.1) is 0 Å². The number of thiophene rings is 1. The monoisotopic (exact) mass is 434 g/mol. The number of aromatic nitrogens is 1. The third kappa shape index (κ3) is 3.30. The lowest BCUT2D eigenvalue weighted by Crippen LogP contribution is -2.11. The molecule has 0 spiro atoms. The molecule has 150 valence electrons. The summed E-state index contributed by atoms with van der Waals surface area (Å²) < 4.78 is 6.42. The first-order valence-corrected chi connectivity index (χ1v) is 11.3. The summed E-state index contributed by atoms with van der Waals surface area (Å²) in [7, 11) is 1.63. The maximum absolute atomic E-state index is 13.3. The molecule has 0 radical (unpaired) electrons. The van der Waals surface area contributed by atoms with Gasteiger partial charge in [-0.1, -0.05) is 41.7 Å². The second-order valence-corrected chi connectivity index (χ2v) is 9.11. The number of anilines is 1. The molecule has 0 fully saturated rings. The normalized spacial score (nSPS) is 13.3. The summed E-state index contributed by atoms with van der Waals surface area (Å²) in [6, 6.07) is 15.7. The number of carbonyl (C=O) groups is 2. The number of ether oxygens (including phenoxy) is 1. The fourth-order valence-corrected chi connectivity index (χ4v) is 5.84. The van der Waals surface area contributed by atoms with Crippen molar-refractivity contribution in [2.45, 2.75) is 19.3 Å².